The summed E-state index contributed by atoms with van der Waals surface area (Å²) in [7, 11) is 1.87. The molecule has 0 saturated carbocycles. The van der Waals surface area contributed by atoms with Gasteiger partial charge in [-0.25, -0.2) is 0 Å². The van der Waals surface area contributed by atoms with Gasteiger partial charge in [-0.15, -0.1) is 0 Å². The second-order valence-corrected chi connectivity index (χ2v) is 5.64. The zero-order valence-corrected chi connectivity index (χ0v) is 12.4. The van der Waals surface area contributed by atoms with Crippen molar-refractivity contribution in [2.45, 2.75) is 12.5 Å². The van der Waals surface area contributed by atoms with Gasteiger partial charge < -0.3 is 5.11 Å². The van der Waals surface area contributed by atoms with E-state index in [1.165, 1.54) is 0 Å². The Morgan fingerprint density at radius 2 is 2.12 bits per heavy atom. The van der Waals surface area contributed by atoms with Crippen molar-refractivity contribution in [1.82, 2.24) is 9.78 Å². The Bertz CT molecular complexity index is 525. The normalized spacial score (nSPS) is 12.7. The molecular formula is C12H12Br2N2O. The van der Waals surface area contributed by atoms with E-state index in [0.717, 1.165) is 20.2 Å². The SMILES string of the molecule is Cn1ccc(CC(O)c2cc(Br)ccc2Br)n1. The van der Waals surface area contributed by atoms with Gasteiger partial charge in [0.25, 0.3) is 0 Å². The van der Waals surface area contributed by atoms with Gasteiger partial charge in [0.15, 0.2) is 0 Å². The molecule has 17 heavy (non-hydrogen) atoms. The molecule has 0 aliphatic rings. The molecule has 90 valence electrons. The molecule has 2 aromatic rings. The smallest absolute Gasteiger partial charge is 0.0857 e. The first kappa shape index (κ1) is 12.8. The van der Waals surface area contributed by atoms with Crippen LogP contribution in [0.4, 0.5) is 0 Å². The number of hydrogen-bond donors (Lipinski definition) is 1. The molecule has 0 radical (unpaired) electrons. The third kappa shape index (κ3) is 3.18. The van der Waals surface area contributed by atoms with Crippen LogP contribution >= 0.6 is 31.9 Å². The monoisotopic (exact) mass is 358 g/mol. The Kier molecular flexibility index (Phi) is 4.01. The lowest BCUT2D eigenvalue weighted by Crippen LogP contribution is -2.04. The summed E-state index contributed by atoms with van der Waals surface area (Å²) in [5.74, 6) is 0. The minimum absolute atomic E-state index is 0.510. The molecule has 0 spiro atoms. The van der Waals surface area contributed by atoms with Crippen LogP contribution in [0.3, 0.4) is 0 Å². The lowest BCUT2D eigenvalue weighted by atomic mass is 10.1. The summed E-state index contributed by atoms with van der Waals surface area (Å²) in [6.45, 7) is 0. The molecule has 0 saturated heterocycles. The Labute approximate surface area is 117 Å². The van der Waals surface area contributed by atoms with E-state index in [1.807, 2.05) is 37.5 Å². The summed E-state index contributed by atoms with van der Waals surface area (Å²) in [6, 6.07) is 7.68. The molecule has 0 fully saturated rings. The van der Waals surface area contributed by atoms with Gasteiger partial charge in [-0.2, -0.15) is 5.10 Å². The van der Waals surface area contributed by atoms with Crippen molar-refractivity contribution in [3.8, 4) is 0 Å². The maximum absolute atomic E-state index is 10.2. The highest BCUT2D eigenvalue weighted by Gasteiger charge is 2.13. The van der Waals surface area contributed by atoms with Crippen LogP contribution in [0, 0.1) is 0 Å². The standard InChI is InChI=1S/C12H12Br2N2O/c1-16-5-4-9(15-16)7-12(17)10-6-8(13)2-3-11(10)14/h2-6,12,17H,7H2,1H3. The van der Waals surface area contributed by atoms with Gasteiger partial charge >= 0.3 is 0 Å². The largest absolute Gasteiger partial charge is 0.388 e. The molecule has 1 aromatic heterocycles. The highest BCUT2D eigenvalue weighted by atomic mass is 79.9. The summed E-state index contributed by atoms with van der Waals surface area (Å²) < 4.78 is 3.60. The summed E-state index contributed by atoms with van der Waals surface area (Å²) in [6.07, 6.45) is 1.82. The molecule has 3 nitrogen and oxygen atoms in total. The molecule has 1 heterocycles. The topological polar surface area (TPSA) is 38.0 Å². The maximum atomic E-state index is 10.2. The first-order chi connectivity index (χ1) is 8.06. The van der Waals surface area contributed by atoms with Crippen LogP contribution in [0.5, 0.6) is 0 Å². The fraction of sp³-hybridized carbons (Fsp3) is 0.250. The lowest BCUT2D eigenvalue weighted by molar-refractivity contribution is 0.176. The number of aliphatic hydroxyl groups excluding tert-OH is 1. The first-order valence-corrected chi connectivity index (χ1v) is 6.76. The van der Waals surface area contributed by atoms with Gasteiger partial charge in [0, 0.05) is 28.6 Å². The number of aryl methyl sites for hydroxylation is 1. The number of benzene rings is 1. The van der Waals surface area contributed by atoms with Crippen LogP contribution in [-0.2, 0) is 13.5 Å². The predicted molar refractivity (Wildman–Crippen MR) is 73.7 cm³/mol. The predicted octanol–water partition coefficient (Wildman–Crippen LogP) is 3.22. The van der Waals surface area contributed by atoms with Crippen molar-refractivity contribution in [2.24, 2.45) is 7.05 Å². The molecule has 0 bridgehead atoms. The fourth-order valence-corrected chi connectivity index (χ4v) is 2.54. The molecule has 0 aliphatic heterocycles. The number of rotatable bonds is 3. The van der Waals surface area contributed by atoms with Crippen molar-refractivity contribution < 1.29 is 5.11 Å². The molecule has 1 atom stereocenters. The Balaban J connectivity index is 2.19. The lowest BCUT2D eigenvalue weighted by Gasteiger charge is -2.12. The minimum atomic E-state index is -0.559. The third-order valence-electron chi connectivity index (χ3n) is 2.49. The van der Waals surface area contributed by atoms with E-state index in [0.29, 0.717) is 6.42 Å². The highest BCUT2D eigenvalue weighted by molar-refractivity contribution is 9.11. The molecule has 1 N–H and O–H groups in total. The van der Waals surface area contributed by atoms with E-state index in [4.69, 9.17) is 0 Å². The van der Waals surface area contributed by atoms with E-state index < -0.39 is 6.10 Å². The molecule has 0 amide bonds. The van der Waals surface area contributed by atoms with Gasteiger partial charge in [0.2, 0.25) is 0 Å². The summed E-state index contributed by atoms with van der Waals surface area (Å²) in [5.41, 5.74) is 1.75. The molecule has 1 aromatic carbocycles. The van der Waals surface area contributed by atoms with Crippen LogP contribution in [0.2, 0.25) is 0 Å². The van der Waals surface area contributed by atoms with Crippen LogP contribution in [0.15, 0.2) is 39.4 Å². The van der Waals surface area contributed by atoms with Gasteiger partial charge in [-0.1, -0.05) is 31.9 Å². The summed E-state index contributed by atoms with van der Waals surface area (Å²) >= 11 is 6.85. The van der Waals surface area contributed by atoms with E-state index in [9.17, 15) is 5.11 Å². The highest BCUT2D eigenvalue weighted by Crippen LogP contribution is 2.28. The summed E-state index contributed by atoms with van der Waals surface area (Å²) in [4.78, 5) is 0. The Morgan fingerprint density at radius 1 is 1.35 bits per heavy atom. The Hall–Kier alpha value is -0.650. The average molecular weight is 360 g/mol. The molecular weight excluding hydrogens is 348 g/mol. The van der Waals surface area contributed by atoms with Gasteiger partial charge in [-0.3, -0.25) is 4.68 Å². The molecule has 1 unspecified atom stereocenters. The second kappa shape index (κ2) is 5.33. The third-order valence-corrected chi connectivity index (χ3v) is 3.70. The molecule has 5 heteroatoms. The van der Waals surface area contributed by atoms with E-state index in [2.05, 4.69) is 37.0 Å². The number of aromatic nitrogens is 2. The quantitative estimate of drug-likeness (QED) is 0.913. The number of aliphatic hydroxyl groups is 1. The van der Waals surface area contributed by atoms with Crippen molar-refractivity contribution in [3.05, 3.63) is 50.7 Å². The molecule has 2 rings (SSSR count). The average Bonchev–Trinajstić information content (AvgIpc) is 2.67. The van der Waals surface area contributed by atoms with Gasteiger partial charge in [0.05, 0.1) is 11.8 Å². The van der Waals surface area contributed by atoms with Crippen LogP contribution < -0.4 is 0 Å². The fourth-order valence-electron chi connectivity index (χ4n) is 1.65. The second-order valence-electron chi connectivity index (χ2n) is 3.87. The maximum Gasteiger partial charge on any atom is 0.0857 e. The van der Waals surface area contributed by atoms with Crippen molar-refractivity contribution in [3.63, 3.8) is 0 Å². The van der Waals surface area contributed by atoms with Crippen LogP contribution in [-0.4, -0.2) is 14.9 Å². The first-order valence-electron chi connectivity index (χ1n) is 5.18. The van der Waals surface area contributed by atoms with Crippen LogP contribution in [0.25, 0.3) is 0 Å². The van der Waals surface area contributed by atoms with Gasteiger partial charge in [-0.05, 0) is 29.8 Å². The summed E-state index contributed by atoms with van der Waals surface area (Å²) in [5, 5.41) is 14.4. The zero-order chi connectivity index (χ0) is 12.4. The minimum Gasteiger partial charge on any atom is -0.388 e. The van der Waals surface area contributed by atoms with Crippen molar-refractivity contribution in [2.75, 3.05) is 0 Å². The van der Waals surface area contributed by atoms with Crippen molar-refractivity contribution in [1.29, 1.82) is 0 Å². The zero-order valence-electron chi connectivity index (χ0n) is 9.27. The van der Waals surface area contributed by atoms with Gasteiger partial charge in [0.1, 0.15) is 0 Å². The number of halogens is 2. The van der Waals surface area contributed by atoms with E-state index >= 15 is 0 Å². The van der Waals surface area contributed by atoms with E-state index in [1.54, 1.807) is 4.68 Å². The van der Waals surface area contributed by atoms with Crippen LogP contribution in [0.1, 0.15) is 17.4 Å². The van der Waals surface area contributed by atoms with E-state index in [-0.39, 0.29) is 0 Å². The molecule has 0 aliphatic carbocycles. The number of hydrogen-bond acceptors (Lipinski definition) is 2. The Morgan fingerprint density at radius 3 is 2.76 bits per heavy atom. The number of nitrogens with zero attached hydrogens (tertiary/aromatic N) is 2. The van der Waals surface area contributed by atoms with Crippen molar-refractivity contribution >= 4 is 31.9 Å².